The molecule has 16 heavy (non-hydrogen) atoms. The molecule has 0 aromatic heterocycles. The van der Waals surface area contributed by atoms with E-state index in [1.165, 1.54) is 12.1 Å². The predicted octanol–water partition coefficient (Wildman–Crippen LogP) is 1.97. The molecule has 0 aliphatic rings. The highest BCUT2D eigenvalue weighted by Crippen LogP contribution is 2.05. The molecule has 5 heteroatoms. The van der Waals surface area contributed by atoms with Crippen LogP contribution in [0.2, 0.25) is 0 Å². The molecule has 0 bridgehead atoms. The van der Waals surface area contributed by atoms with Crippen LogP contribution in [0, 0.1) is 5.82 Å². The number of amides is 1. The van der Waals surface area contributed by atoms with Crippen LogP contribution in [0.4, 0.5) is 4.39 Å². The van der Waals surface area contributed by atoms with Gasteiger partial charge in [0.2, 0.25) is 0 Å². The van der Waals surface area contributed by atoms with E-state index in [0.29, 0.717) is 19.8 Å². The predicted molar refractivity (Wildman–Crippen MR) is 63.3 cm³/mol. The van der Waals surface area contributed by atoms with E-state index in [2.05, 4.69) is 21.2 Å². The van der Waals surface area contributed by atoms with E-state index >= 15 is 0 Å². The molecule has 0 saturated carbocycles. The molecule has 0 unspecified atom stereocenters. The smallest absolute Gasteiger partial charge is 0.254 e. The summed E-state index contributed by atoms with van der Waals surface area (Å²) in [4.78, 5) is 11.5. The number of hydrogen-bond donors (Lipinski definition) is 1. The Labute approximate surface area is 102 Å². The van der Waals surface area contributed by atoms with Gasteiger partial charge < -0.3 is 10.1 Å². The molecule has 0 saturated heterocycles. The Morgan fingerprint density at radius 1 is 1.38 bits per heavy atom. The lowest BCUT2D eigenvalue weighted by atomic mass is 10.2. The first-order valence-electron chi connectivity index (χ1n) is 4.92. The van der Waals surface area contributed by atoms with E-state index < -0.39 is 11.7 Å². The molecule has 3 nitrogen and oxygen atoms in total. The summed E-state index contributed by atoms with van der Waals surface area (Å²) < 4.78 is 18.3. The van der Waals surface area contributed by atoms with Crippen molar-refractivity contribution in [1.29, 1.82) is 0 Å². The van der Waals surface area contributed by atoms with Gasteiger partial charge in [-0.3, -0.25) is 4.79 Å². The van der Waals surface area contributed by atoms with Crippen LogP contribution in [0.3, 0.4) is 0 Å². The zero-order chi connectivity index (χ0) is 11.8. The molecule has 1 N–H and O–H groups in total. The van der Waals surface area contributed by atoms with Gasteiger partial charge in [-0.25, -0.2) is 4.39 Å². The largest absolute Gasteiger partial charge is 0.379 e. The zero-order valence-electron chi connectivity index (χ0n) is 8.71. The van der Waals surface area contributed by atoms with E-state index in [4.69, 9.17) is 4.74 Å². The van der Waals surface area contributed by atoms with E-state index in [1.54, 1.807) is 12.1 Å². The monoisotopic (exact) mass is 289 g/mol. The number of carbonyl (C=O) groups excluding carboxylic acids is 1. The fraction of sp³-hybridized carbons (Fsp3) is 0.364. The van der Waals surface area contributed by atoms with Crippen LogP contribution in [0.15, 0.2) is 24.3 Å². The Balaban J connectivity index is 2.33. The molecule has 0 aliphatic carbocycles. The van der Waals surface area contributed by atoms with Crippen LogP contribution >= 0.6 is 15.9 Å². The summed E-state index contributed by atoms with van der Waals surface area (Å²) in [6.07, 6.45) is 0. The normalized spacial score (nSPS) is 10.1. The van der Waals surface area contributed by atoms with Gasteiger partial charge in [0.05, 0.1) is 18.8 Å². The lowest BCUT2D eigenvalue weighted by molar-refractivity contribution is 0.0920. The van der Waals surface area contributed by atoms with Crippen LogP contribution in [0.5, 0.6) is 0 Å². The summed E-state index contributed by atoms with van der Waals surface area (Å²) in [7, 11) is 0. The molecule has 0 fully saturated rings. The lowest BCUT2D eigenvalue weighted by Gasteiger charge is -2.06. The SMILES string of the molecule is O=C(NCCOCCBr)c1ccccc1F. The third-order valence-corrected chi connectivity index (χ3v) is 2.20. The molecular formula is C11H13BrFNO2. The Bertz CT molecular complexity index is 347. The minimum absolute atomic E-state index is 0.0583. The summed E-state index contributed by atoms with van der Waals surface area (Å²) in [5, 5.41) is 3.34. The molecule has 1 amide bonds. The highest BCUT2D eigenvalue weighted by molar-refractivity contribution is 9.09. The van der Waals surface area contributed by atoms with Crippen molar-refractivity contribution in [2.24, 2.45) is 0 Å². The average Bonchev–Trinajstić information content (AvgIpc) is 2.29. The first kappa shape index (κ1) is 13.1. The maximum Gasteiger partial charge on any atom is 0.254 e. The topological polar surface area (TPSA) is 38.3 Å². The second-order valence-corrected chi connectivity index (χ2v) is 3.83. The summed E-state index contributed by atoms with van der Waals surface area (Å²) >= 11 is 3.21. The molecule has 1 aromatic carbocycles. The number of nitrogens with one attached hydrogen (secondary N) is 1. The Morgan fingerprint density at radius 3 is 2.81 bits per heavy atom. The summed E-state index contributed by atoms with van der Waals surface area (Å²) in [6, 6.07) is 5.88. The number of carbonyl (C=O) groups is 1. The molecule has 0 radical (unpaired) electrons. The van der Waals surface area contributed by atoms with Crippen LogP contribution in [-0.2, 0) is 4.74 Å². The van der Waals surface area contributed by atoms with Crippen LogP contribution in [0.25, 0.3) is 0 Å². The molecule has 0 heterocycles. The highest BCUT2D eigenvalue weighted by Gasteiger charge is 2.09. The fourth-order valence-corrected chi connectivity index (χ4v) is 1.36. The summed E-state index contributed by atoms with van der Waals surface area (Å²) in [5.74, 6) is -0.929. The minimum Gasteiger partial charge on any atom is -0.379 e. The second kappa shape index (κ2) is 7.35. The van der Waals surface area contributed by atoms with Gasteiger partial charge in [0.1, 0.15) is 5.82 Å². The van der Waals surface area contributed by atoms with E-state index in [9.17, 15) is 9.18 Å². The Kier molecular flexibility index (Phi) is 6.03. The fourth-order valence-electron chi connectivity index (χ4n) is 1.13. The number of benzene rings is 1. The first-order valence-corrected chi connectivity index (χ1v) is 6.04. The number of halogens is 2. The summed E-state index contributed by atoms with van der Waals surface area (Å²) in [5.41, 5.74) is 0.0583. The minimum atomic E-state index is -0.513. The van der Waals surface area contributed by atoms with Crippen molar-refractivity contribution in [3.8, 4) is 0 Å². The van der Waals surface area contributed by atoms with Gasteiger partial charge in [0.15, 0.2) is 0 Å². The van der Waals surface area contributed by atoms with Crippen molar-refractivity contribution in [3.63, 3.8) is 0 Å². The molecule has 0 atom stereocenters. The number of ether oxygens (including phenoxy) is 1. The van der Waals surface area contributed by atoms with Crippen molar-refractivity contribution >= 4 is 21.8 Å². The molecular weight excluding hydrogens is 277 g/mol. The lowest BCUT2D eigenvalue weighted by Crippen LogP contribution is -2.28. The van der Waals surface area contributed by atoms with Gasteiger partial charge in [0.25, 0.3) is 5.91 Å². The summed E-state index contributed by atoms with van der Waals surface area (Å²) in [6.45, 7) is 1.39. The van der Waals surface area contributed by atoms with Crippen LogP contribution < -0.4 is 5.32 Å². The molecule has 88 valence electrons. The molecule has 0 spiro atoms. The zero-order valence-corrected chi connectivity index (χ0v) is 10.3. The van der Waals surface area contributed by atoms with Gasteiger partial charge in [0, 0.05) is 11.9 Å². The average molecular weight is 290 g/mol. The first-order chi connectivity index (χ1) is 7.75. The highest BCUT2D eigenvalue weighted by atomic mass is 79.9. The quantitative estimate of drug-likeness (QED) is 0.642. The van der Waals surface area contributed by atoms with E-state index in [0.717, 1.165) is 5.33 Å². The van der Waals surface area contributed by atoms with E-state index in [-0.39, 0.29) is 5.56 Å². The number of hydrogen-bond acceptors (Lipinski definition) is 2. The maximum atomic E-state index is 13.2. The third-order valence-electron chi connectivity index (χ3n) is 1.87. The number of alkyl halides is 1. The second-order valence-electron chi connectivity index (χ2n) is 3.04. The molecule has 0 aliphatic heterocycles. The van der Waals surface area contributed by atoms with Gasteiger partial charge >= 0.3 is 0 Å². The molecule has 1 aromatic rings. The van der Waals surface area contributed by atoms with Crippen molar-refractivity contribution in [1.82, 2.24) is 5.32 Å². The Morgan fingerprint density at radius 2 is 2.12 bits per heavy atom. The molecule has 1 rings (SSSR count). The van der Waals surface area contributed by atoms with E-state index in [1.807, 2.05) is 0 Å². The van der Waals surface area contributed by atoms with Crippen LogP contribution in [0.1, 0.15) is 10.4 Å². The van der Waals surface area contributed by atoms with Gasteiger partial charge in [-0.15, -0.1) is 0 Å². The Hall–Kier alpha value is -0.940. The van der Waals surface area contributed by atoms with Crippen molar-refractivity contribution in [2.75, 3.05) is 25.1 Å². The van der Waals surface area contributed by atoms with Crippen molar-refractivity contribution in [2.45, 2.75) is 0 Å². The van der Waals surface area contributed by atoms with Crippen molar-refractivity contribution in [3.05, 3.63) is 35.6 Å². The van der Waals surface area contributed by atoms with Gasteiger partial charge in [-0.2, -0.15) is 0 Å². The van der Waals surface area contributed by atoms with Gasteiger partial charge in [-0.1, -0.05) is 28.1 Å². The van der Waals surface area contributed by atoms with Gasteiger partial charge in [-0.05, 0) is 12.1 Å². The third kappa shape index (κ3) is 4.28. The van der Waals surface area contributed by atoms with Crippen LogP contribution in [-0.4, -0.2) is 31.0 Å². The number of rotatable bonds is 6. The standard InChI is InChI=1S/C11H13BrFNO2/c12-5-7-16-8-6-14-11(15)9-3-1-2-4-10(9)13/h1-4H,5-8H2,(H,14,15). The maximum absolute atomic E-state index is 13.2. The van der Waals surface area contributed by atoms with Crippen molar-refractivity contribution < 1.29 is 13.9 Å².